The highest BCUT2D eigenvalue weighted by atomic mass is 16.5. The summed E-state index contributed by atoms with van der Waals surface area (Å²) in [6.07, 6.45) is 2.14. The quantitative estimate of drug-likeness (QED) is 0.596. The van der Waals surface area contributed by atoms with Crippen molar-refractivity contribution in [2.24, 2.45) is 17.3 Å². The normalized spacial score (nSPS) is 45.8. The summed E-state index contributed by atoms with van der Waals surface area (Å²) >= 11 is 0. The van der Waals surface area contributed by atoms with Crippen LogP contribution in [-0.2, 0) is 4.74 Å². The van der Waals surface area contributed by atoms with Gasteiger partial charge in [0.1, 0.15) is 0 Å². The first-order valence-corrected chi connectivity index (χ1v) is 4.84. The summed E-state index contributed by atoms with van der Waals surface area (Å²) in [6, 6.07) is 0. The molecule has 0 aromatic heterocycles. The average molecular weight is 170 g/mol. The lowest BCUT2D eigenvalue weighted by molar-refractivity contribution is -0.130. The average Bonchev–Trinajstić information content (AvgIpc) is 1.92. The maximum absolute atomic E-state index is 9.84. The van der Waals surface area contributed by atoms with E-state index in [0.29, 0.717) is 17.3 Å². The fraction of sp³-hybridized carbons (Fsp3) is 1.00. The molecule has 1 aliphatic carbocycles. The van der Waals surface area contributed by atoms with Crippen molar-refractivity contribution >= 4 is 0 Å². The molecule has 2 heteroatoms. The number of fused-ring (bicyclic) bond motifs is 2. The second kappa shape index (κ2) is 2.71. The number of hydrogen-bond donors (Lipinski definition) is 1. The minimum absolute atomic E-state index is 0.0909. The Morgan fingerprint density at radius 2 is 1.67 bits per heavy atom. The molecule has 2 bridgehead atoms. The van der Waals surface area contributed by atoms with Crippen molar-refractivity contribution in [3.8, 4) is 0 Å². The molecule has 1 saturated heterocycles. The molecule has 2 nitrogen and oxygen atoms in total. The van der Waals surface area contributed by atoms with Gasteiger partial charge in [0.15, 0.2) is 0 Å². The predicted octanol–water partition coefficient (Wildman–Crippen LogP) is 1.43. The summed E-state index contributed by atoms with van der Waals surface area (Å²) in [6.45, 7) is 6.12. The van der Waals surface area contributed by atoms with Gasteiger partial charge >= 0.3 is 0 Å². The van der Waals surface area contributed by atoms with Gasteiger partial charge < -0.3 is 9.84 Å². The second-order valence-corrected chi connectivity index (χ2v) is 5.12. The molecule has 1 aliphatic heterocycles. The van der Waals surface area contributed by atoms with Gasteiger partial charge in [0.2, 0.25) is 0 Å². The third-order valence-electron chi connectivity index (χ3n) is 3.26. The van der Waals surface area contributed by atoms with E-state index in [4.69, 9.17) is 4.74 Å². The molecule has 12 heavy (non-hydrogen) atoms. The third-order valence-corrected chi connectivity index (χ3v) is 3.26. The fourth-order valence-corrected chi connectivity index (χ4v) is 2.82. The molecule has 1 heterocycles. The van der Waals surface area contributed by atoms with E-state index in [1.54, 1.807) is 0 Å². The van der Waals surface area contributed by atoms with Crippen molar-refractivity contribution in [3.05, 3.63) is 0 Å². The maximum atomic E-state index is 9.84. The highest BCUT2D eigenvalue weighted by Crippen LogP contribution is 2.44. The number of ether oxygens (including phenoxy) is 1. The number of rotatable bonds is 0. The van der Waals surface area contributed by atoms with E-state index in [0.717, 1.165) is 26.1 Å². The van der Waals surface area contributed by atoms with Gasteiger partial charge in [-0.1, -0.05) is 13.8 Å². The van der Waals surface area contributed by atoms with Crippen molar-refractivity contribution < 1.29 is 9.84 Å². The molecule has 0 aromatic carbocycles. The first kappa shape index (κ1) is 8.52. The molecule has 2 rings (SSSR count). The topological polar surface area (TPSA) is 29.5 Å². The van der Waals surface area contributed by atoms with Crippen LogP contribution in [0.25, 0.3) is 0 Å². The van der Waals surface area contributed by atoms with Gasteiger partial charge in [-0.15, -0.1) is 0 Å². The summed E-state index contributed by atoms with van der Waals surface area (Å²) in [5, 5.41) is 9.84. The molecule has 2 fully saturated rings. The van der Waals surface area contributed by atoms with Gasteiger partial charge in [-0.2, -0.15) is 0 Å². The van der Waals surface area contributed by atoms with Crippen LogP contribution in [0.5, 0.6) is 0 Å². The van der Waals surface area contributed by atoms with Crippen LogP contribution in [-0.4, -0.2) is 24.4 Å². The van der Waals surface area contributed by atoms with Crippen LogP contribution in [0.3, 0.4) is 0 Å². The van der Waals surface area contributed by atoms with Crippen LogP contribution in [0.15, 0.2) is 0 Å². The zero-order valence-corrected chi connectivity index (χ0v) is 7.92. The highest BCUT2D eigenvalue weighted by molar-refractivity contribution is 4.92. The second-order valence-electron chi connectivity index (χ2n) is 5.12. The number of aliphatic hydroxyl groups excluding tert-OH is 1. The van der Waals surface area contributed by atoms with E-state index in [1.165, 1.54) is 0 Å². The maximum Gasteiger partial charge on any atom is 0.0640 e. The molecular formula is C10H18O2. The van der Waals surface area contributed by atoms with E-state index in [1.807, 2.05) is 0 Å². The largest absolute Gasteiger partial charge is 0.392 e. The van der Waals surface area contributed by atoms with Gasteiger partial charge in [-0.05, 0) is 18.3 Å². The van der Waals surface area contributed by atoms with Crippen LogP contribution in [0, 0.1) is 17.3 Å². The molecule has 2 unspecified atom stereocenters. The SMILES string of the molecule is CC1(C)CC2COCC(C1)C2O. The van der Waals surface area contributed by atoms with E-state index in [9.17, 15) is 5.11 Å². The summed E-state index contributed by atoms with van der Waals surface area (Å²) in [7, 11) is 0. The minimum Gasteiger partial charge on any atom is -0.392 e. The smallest absolute Gasteiger partial charge is 0.0640 e. The zero-order valence-electron chi connectivity index (χ0n) is 7.92. The Morgan fingerprint density at radius 1 is 1.17 bits per heavy atom. The summed E-state index contributed by atoms with van der Waals surface area (Å²) in [5.41, 5.74) is 0.415. The van der Waals surface area contributed by atoms with Crippen LogP contribution in [0.4, 0.5) is 0 Å². The van der Waals surface area contributed by atoms with Crippen LogP contribution in [0.1, 0.15) is 26.7 Å². The molecule has 1 saturated carbocycles. The monoisotopic (exact) mass is 170 g/mol. The van der Waals surface area contributed by atoms with Gasteiger partial charge in [0.05, 0.1) is 19.3 Å². The van der Waals surface area contributed by atoms with Gasteiger partial charge in [-0.25, -0.2) is 0 Å². The Morgan fingerprint density at radius 3 is 2.17 bits per heavy atom. The van der Waals surface area contributed by atoms with Crippen molar-refractivity contribution in [1.29, 1.82) is 0 Å². The Labute approximate surface area is 73.9 Å². The van der Waals surface area contributed by atoms with Crippen molar-refractivity contribution in [2.75, 3.05) is 13.2 Å². The van der Waals surface area contributed by atoms with E-state index < -0.39 is 0 Å². The molecule has 0 aromatic rings. The van der Waals surface area contributed by atoms with E-state index in [-0.39, 0.29) is 6.10 Å². The molecular weight excluding hydrogens is 152 g/mol. The Bertz CT molecular complexity index is 161. The molecule has 0 spiro atoms. The van der Waals surface area contributed by atoms with Crippen LogP contribution in [0.2, 0.25) is 0 Å². The number of hydrogen-bond acceptors (Lipinski definition) is 2. The number of aliphatic hydroxyl groups is 1. The molecule has 0 radical (unpaired) electrons. The van der Waals surface area contributed by atoms with E-state index in [2.05, 4.69) is 13.8 Å². The Kier molecular flexibility index (Phi) is 1.92. The fourth-order valence-electron chi connectivity index (χ4n) is 2.82. The first-order chi connectivity index (χ1) is 5.58. The first-order valence-electron chi connectivity index (χ1n) is 4.84. The zero-order chi connectivity index (χ0) is 8.77. The molecule has 1 N–H and O–H groups in total. The summed E-state index contributed by atoms with van der Waals surface area (Å²) in [4.78, 5) is 0. The molecule has 2 atom stereocenters. The van der Waals surface area contributed by atoms with Crippen molar-refractivity contribution in [3.63, 3.8) is 0 Å². The van der Waals surface area contributed by atoms with Gasteiger partial charge in [-0.3, -0.25) is 0 Å². The summed E-state index contributed by atoms with van der Waals surface area (Å²) < 4.78 is 5.44. The van der Waals surface area contributed by atoms with Crippen LogP contribution < -0.4 is 0 Å². The molecule has 0 amide bonds. The Hall–Kier alpha value is -0.0800. The minimum atomic E-state index is -0.0909. The lowest BCUT2D eigenvalue weighted by Crippen LogP contribution is -2.48. The van der Waals surface area contributed by atoms with E-state index >= 15 is 0 Å². The molecule has 2 aliphatic rings. The lowest BCUT2D eigenvalue weighted by Gasteiger charge is -2.46. The predicted molar refractivity (Wildman–Crippen MR) is 46.8 cm³/mol. The third kappa shape index (κ3) is 1.38. The van der Waals surface area contributed by atoms with Crippen LogP contribution >= 0.6 is 0 Å². The van der Waals surface area contributed by atoms with Gasteiger partial charge in [0, 0.05) is 11.8 Å². The summed E-state index contributed by atoms with van der Waals surface area (Å²) in [5.74, 6) is 0.792. The Balaban J connectivity index is 2.12. The highest BCUT2D eigenvalue weighted by Gasteiger charge is 2.43. The lowest BCUT2D eigenvalue weighted by atomic mass is 9.65. The van der Waals surface area contributed by atoms with Crippen molar-refractivity contribution in [1.82, 2.24) is 0 Å². The standard InChI is InChI=1S/C10H18O2/c1-10(2)3-7-5-12-6-8(4-10)9(7)11/h7-9,11H,3-6H2,1-2H3. The molecule has 70 valence electrons. The van der Waals surface area contributed by atoms with Gasteiger partial charge in [0.25, 0.3) is 0 Å². The van der Waals surface area contributed by atoms with Crippen molar-refractivity contribution in [2.45, 2.75) is 32.8 Å².